The second-order valence-electron chi connectivity index (χ2n) is 6.72. The maximum atomic E-state index is 14.1. The minimum Gasteiger partial charge on any atom is -0.493 e. The highest BCUT2D eigenvalue weighted by Gasteiger charge is 2.45. The lowest BCUT2D eigenvalue weighted by Gasteiger charge is -2.29. The molecule has 2 N–H and O–H groups in total. The largest absolute Gasteiger partial charge is 0.493 e. The van der Waals surface area contributed by atoms with Gasteiger partial charge in [-0.15, -0.1) is 0 Å². The van der Waals surface area contributed by atoms with Crippen LogP contribution in [0, 0.1) is 12.7 Å². The summed E-state index contributed by atoms with van der Waals surface area (Å²) >= 11 is 3.19. The number of nitrogens with zero attached hydrogens (tertiary/aromatic N) is 1. The van der Waals surface area contributed by atoms with Gasteiger partial charge in [-0.25, -0.2) is 4.39 Å². The third kappa shape index (κ3) is 4.37. The number of benzene rings is 2. The Kier molecular flexibility index (Phi) is 6.52. The molecule has 3 rings (SSSR count). The molecule has 9 heteroatoms. The molecular formula is C21H19BrF4N2O2. The van der Waals surface area contributed by atoms with Gasteiger partial charge in [0.1, 0.15) is 0 Å². The van der Waals surface area contributed by atoms with Crippen molar-refractivity contribution in [2.75, 3.05) is 12.4 Å². The maximum absolute atomic E-state index is 14.1. The van der Waals surface area contributed by atoms with Crippen LogP contribution in [0.4, 0.5) is 23.2 Å². The molecular weight excluding hydrogens is 468 g/mol. The summed E-state index contributed by atoms with van der Waals surface area (Å²) < 4.78 is 59.8. The Morgan fingerprint density at radius 1 is 1.17 bits per heavy atom. The number of methoxy groups -OCH3 is 1. The van der Waals surface area contributed by atoms with Gasteiger partial charge in [0, 0.05) is 27.7 Å². The average Bonchev–Trinajstić information content (AvgIpc) is 2.70. The third-order valence-electron chi connectivity index (χ3n) is 4.75. The number of fused-ring (bicyclic) bond motifs is 1. The molecule has 2 unspecified atom stereocenters. The number of pyridine rings is 1. The van der Waals surface area contributed by atoms with Gasteiger partial charge in [0.15, 0.2) is 17.7 Å². The van der Waals surface area contributed by atoms with E-state index in [1.165, 1.54) is 13.2 Å². The summed E-state index contributed by atoms with van der Waals surface area (Å²) in [6.07, 6.45) is -7.67. The van der Waals surface area contributed by atoms with Gasteiger partial charge in [-0.1, -0.05) is 28.1 Å². The summed E-state index contributed by atoms with van der Waals surface area (Å²) in [5.74, 6) is -0.887. The second kappa shape index (κ2) is 8.77. The Balaban J connectivity index is 2.17. The zero-order chi connectivity index (χ0) is 22.1. The summed E-state index contributed by atoms with van der Waals surface area (Å²) in [4.78, 5) is 4.38. The molecule has 160 valence electrons. The van der Waals surface area contributed by atoms with Crippen molar-refractivity contribution < 1.29 is 27.4 Å². The van der Waals surface area contributed by atoms with Crippen LogP contribution in [0.5, 0.6) is 5.75 Å². The fourth-order valence-electron chi connectivity index (χ4n) is 3.33. The maximum Gasteiger partial charge on any atom is 0.416 e. The van der Waals surface area contributed by atoms with E-state index in [2.05, 4.69) is 26.2 Å². The van der Waals surface area contributed by atoms with Crippen LogP contribution in [0.15, 0.2) is 42.5 Å². The number of aryl methyl sites for hydroxylation is 1. The molecule has 0 amide bonds. The first-order valence-electron chi connectivity index (χ1n) is 8.96. The molecule has 0 saturated heterocycles. The molecule has 0 bridgehead atoms. The number of anilines is 1. The predicted molar refractivity (Wildman–Crippen MR) is 110 cm³/mol. The van der Waals surface area contributed by atoms with Crippen LogP contribution in [-0.2, 0) is 5.33 Å². The molecule has 3 aromatic rings. The summed E-state index contributed by atoms with van der Waals surface area (Å²) in [5.41, 5.74) is 1.95. The fourth-order valence-corrected chi connectivity index (χ4v) is 3.91. The quantitative estimate of drug-likeness (QED) is 0.348. The first-order valence-corrected chi connectivity index (χ1v) is 10.1. The number of aliphatic hydroxyl groups is 1. The fraction of sp³-hybridized carbons (Fsp3) is 0.286. The number of aromatic nitrogens is 1. The van der Waals surface area contributed by atoms with Crippen LogP contribution in [0.3, 0.4) is 0 Å². The monoisotopic (exact) mass is 486 g/mol. The van der Waals surface area contributed by atoms with Crippen molar-refractivity contribution in [3.63, 3.8) is 0 Å². The molecule has 0 radical (unpaired) electrons. The van der Waals surface area contributed by atoms with Crippen LogP contribution >= 0.6 is 15.9 Å². The van der Waals surface area contributed by atoms with Crippen molar-refractivity contribution in [1.29, 1.82) is 0 Å². The van der Waals surface area contributed by atoms with E-state index in [4.69, 9.17) is 4.74 Å². The minimum atomic E-state index is -4.91. The van der Waals surface area contributed by atoms with Gasteiger partial charge in [-0.05, 0) is 42.8 Å². The number of rotatable bonds is 6. The first-order chi connectivity index (χ1) is 14.2. The van der Waals surface area contributed by atoms with E-state index >= 15 is 0 Å². The lowest BCUT2D eigenvalue weighted by molar-refractivity contribution is -0.208. The van der Waals surface area contributed by atoms with Gasteiger partial charge in [-0.2, -0.15) is 13.2 Å². The molecule has 2 atom stereocenters. The molecule has 0 aliphatic rings. The van der Waals surface area contributed by atoms with Gasteiger partial charge in [0.05, 0.1) is 18.7 Å². The number of ether oxygens (including phenoxy) is 1. The topological polar surface area (TPSA) is 54.4 Å². The van der Waals surface area contributed by atoms with Crippen LogP contribution < -0.4 is 10.1 Å². The Labute approximate surface area is 179 Å². The van der Waals surface area contributed by atoms with Crippen LogP contribution in [0.1, 0.15) is 22.9 Å². The zero-order valence-corrected chi connectivity index (χ0v) is 17.7. The van der Waals surface area contributed by atoms with E-state index in [0.717, 1.165) is 11.8 Å². The second-order valence-corrected chi connectivity index (χ2v) is 7.28. The van der Waals surface area contributed by atoms with Crippen molar-refractivity contribution in [3.05, 3.63) is 65.1 Å². The minimum absolute atomic E-state index is 0.0301. The number of nitrogens with one attached hydrogen (secondary N) is 1. The van der Waals surface area contributed by atoms with Gasteiger partial charge in [-0.3, -0.25) is 4.98 Å². The molecule has 30 heavy (non-hydrogen) atoms. The van der Waals surface area contributed by atoms with Crippen molar-refractivity contribution in [1.82, 2.24) is 4.98 Å². The SMILES string of the molecule is COc1c(F)ccc(C(Nc2cccc3nc(C)ccc23)C(O)C(F)(F)F)c1CBr. The lowest BCUT2D eigenvalue weighted by atomic mass is 9.95. The van der Waals surface area contributed by atoms with E-state index in [1.54, 1.807) is 30.3 Å². The summed E-state index contributed by atoms with van der Waals surface area (Å²) in [6.45, 7) is 1.81. The van der Waals surface area contributed by atoms with Crippen molar-refractivity contribution >= 4 is 32.5 Å². The van der Waals surface area contributed by atoms with Crippen molar-refractivity contribution in [2.24, 2.45) is 0 Å². The number of halogens is 5. The first kappa shape index (κ1) is 22.3. The van der Waals surface area contributed by atoms with E-state index in [-0.39, 0.29) is 22.2 Å². The van der Waals surface area contributed by atoms with E-state index in [0.29, 0.717) is 16.6 Å². The Hall–Kier alpha value is -2.39. The van der Waals surface area contributed by atoms with Crippen LogP contribution in [0.2, 0.25) is 0 Å². The van der Waals surface area contributed by atoms with Crippen LogP contribution in [-0.4, -0.2) is 29.5 Å². The highest BCUT2D eigenvalue weighted by molar-refractivity contribution is 9.08. The molecule has 2 aromatic carbocycles. The van der Waals surface area contributed by atoms with E-state index < -0.39 is 24.1 Å². The lowest BCUT2D eigenvalue weighted by Crippen LogP contribution is -2.38. The standard InChI is InChI=1S/C21H19BrF4N2O2/c1-11-6-7-13-16(27-11)4-3-5-17(13)28-18(20(29)21(24,25)26)12-8-9-15(23)19(30-2)14(12)10-22/h3-9,18,20,28-29H,10H2,1-2H3. The van der Waals surface area contributed by atoms with Gasteiger partial charge in [0.25, 0.3) is 0 Å². The molecule has 0 spiro atoms. The zero-order valence-electron chi connectivity index (χ0n) is 16.1. The molecule has 0 aliphatic carbocycles. The Morgan fingerprint density at radius 3 is 2.53 bits per heavy atom. The number of alkyl halides is 4. The molecule has 1 heterocycles. The van der Waals surface area contributed by atoms with Gasteiger partial charge >= 0.3 is 6.18 Å². The molecule has 0 saturated carbocycles. The van der Waals surface area contributed by atoms with Gasteiger partial charge in [0.2, 0.25) is 0 Å². The normalized spacial score (nSPS) is 13.9. The summed E-state index contributed by atoms with van der Waals surface area (Å²) in [7, 11) is 1.23. The summed E-state index contributed by atoms with van der Waals surface area (Å²) in [6, 6.07) is 9.11. The molecule has 1 aromatic heterocycles. The van der Waals surface area contributed by atoms with Crippen molar-refractivity contribution in [3.8, 4) is 5.75 Å². The average molecular weight is 487 g/mol. The number of hydrogen-bond donors (Lipinski definition) is 2. The molecule has 0 fully saturated rings. The van der Waals surface area contributed by atoms with Crippen molar-refractivity contribution in [2.45, 2.75) is 30.6 Å². The molecule has 0 aliphatic heterocycles. The predicted octanol–water partition coefficient (Wildman–Crippen LogP) is 5.66. The van der Waals surface area contributed by atoms with Crippen LogP contribution in [0.25, 0.3) is 10.9 Å². The smallest absolute Gasteiger partial charge is 0.416 e. The van der Waals surface area contributed by atoms with E-state index in [9.17, 15) is 22.7 Å². The third-order valence-corrected chi connectivity index (χ3v) is 5.32. The summed E-state index contributed by atoms with van der Waals surface area (Å²) in [5, 5.41) is 13.6. The Morgan fingerprint density at radius 2 is 1.90 bits per heavy atom. The molecule has 4 nitrogen and oxygen atoms in total. The highest BCUT2D eigenvalue weighted by atomic mass is 79.9. The van der Waals surface area contributed by atoms with E-state index in [1.807, 2.05) is 6.92 Å². The van der Waals surface area contributed by atoms with Gasteiger partial charge < -0.3 is 15.2 Å². The Bertz CT molecular complexity index is 1060. The number of aliphatic hydroxyl groups excluding tert-OH is 1. The number of hydrogen-bond acceptors (Lipinski definition) is 4. The highest BCUT2D eigenvalue weighted by Crippen LogP contribution is 2.39.